The minimum Gasteiger partial charge on any atom is -0.232 e. The molecule has 0 atom stereocenters. The fraction of sp³-hybridized carbons (Fsp3) is 0.333. The van der Waals surface area contributed by atoms with Gasteiger partial charge >= 0.3 is 6.18 Å². The molecule has 0 aliphatic rings. The molecule has 4 nitrogen and oxygen atoms in total. The van der Waals surface area contributed by atoms with E-state index < -0.39 is 12.0 Å². The Morgan fingerprint density at radius 2 is 1.45 bits per heavy atom. The molecule has 2 aromatic carbocycles. The quantitative estimate of drug-likeness (QED) is 0.362. The second kappa shape index (κ2) is 7.55. The van der Waals surface area contributed by atoms with Crippen LogP contribution in [0.5, 0.6) is 0 Å². The van der Waals surface area contributed by atoms with E-state index in [4.69, 9.17) is 9.97 Å². The zero-order chi connectivity index (χ0) is 22.5. The van der Waals surface area contributed by atoms with Crippen LogP contribution in [0.2, 0.25) is 0 Å². The average molecular weight is 424 g/mol. The molecule has 0 fully saturated rings. The van der Waals surface area contributed by atoms with Gasteiger partial charge in [-0.25, -0.2) is 19.9 Å². The van der Waals surface area contributed by atoms with Gasteiger partial charge in [0.2, 0.25) is 5.82 Å². The number of rotatable bonds is 3. The third kappa shape index (κ3) is 3.84. The molecule has 0 N–H and O–H groups in total. The second-order valence-corrected chi connectivity index (χ2v) is 8.38. The number of hydrogen-bond acceptors (Lipinski definition) is 4. The van der Waals surface area contributed by atoms with Crippen LogP contribution in [0.4, 0.5) is 13.2 Å². The van der Waals surface area contributed by atoms with Crippen molar-refractivity contribution in [2.24, 2.45) is 0 Å². The number of para-hydroxylation sites is 1. The lowest BCUT2D eigenvalue weighted by atomic mass is 10.0. The molecule has 0 saturated carbocycles. The summed E-state index contributed by atoms with van der Waals surface area (Å²) in [4.78, 5) is 17.1. The lowest BCUT2D eigenvalue weighted by Crippen LogP contribution is -2.13. The van der Waals surface area contributed by atoms with Crippen LogP contribution in [0.3, 0.4) is 0 Å². The first-order valence-corrected chi connectivity index (χ1v) is 10.2. The minimum absolute atomic E-state index is 0.165. The molecule has 0 bridgehead atoms. The molecule has 2 heterocycles. The highest BCUT2D eigenvalue weighted by Gasteiger charge is 2.35. The molecular formula is C24H23F3N4. The van der Waals surface area contributed by atoms with Gasteiger partial charge in [-0.1, -0.05) is 58.0 Å². The Balaban J connectivity index is 1.98. The Morgan fingerprint density at radius 3 is 2.10 bits per heavy atom. The summed E-state index contributed by atoms with van der Waals surface area (Å²) in [5, 5.41) is 1.59. The van der Waals surface area contributed by atoms with Gasteiger partial charge in [-0.15, -0.1) is 0 Å². The third-order valence-corrected chi connectivity index (χ3v) is 5.29. The van der Waals surface area contributed by atoms with E-state index >= 15 is 0 Å². The number of halogens is 3. The average Bonchev–Trinajstić information content (AvgIpc) is 2.71. The molecule has 4 rings (SSSR count). The fourth-order valence-corrected chi connectivity index (χ4v) is 3.75. The molecule has 31 heavy (non-hydrogen) atoms. The van der Waals surface area contributed by atoms with E-state index in [9.17, 15) is 13.2 Å². The first kappa shape index (κ1) is 21.2. The van der Waals surface area contributed by atoms with Crippen molar-refractivity contribution >= 4 is 21.8 Å². The van der Waals surface area contributed by atoms with E-state index in [1.165, 1.54) is 0 Å². The summed E-state index contributed by atoms with van der Waals surface area (Å²) in [5.74, 6) is -0.660. The summed E-state index contributed by atoms with van der Waals surface area (Å²) < 4.78 is 40.2. The number of benzene rings is 2. The summed E-state index contributed by atoms with van der Waals surface area (Å²) in [7, 11) is 0. The van der Waals surface area contributed by atoms with Crippen LogP contribution < -0.4 is 0 Å². The van der Waals surface area contributed by atoms with Crippen LogP contribution in [0.15, 0.2) is 36.4 Å². The first-order chi connectivity index (χ1) is 14.6. The van der Waals surface area contributed by atoms with Gasteiger partial charge in [0.05, 0.1) is 22.4 Å². The number of hydrogen-bond donors (Lipinski definition) is 0. The smallest absolute Gasteiger partial charge is 0.232 e. The number of fused-ring (bicyclic) bond motifs is 2. The van der Waals surface area contributed by atoms with Crippen LogP contribution in [0.25, 0.3) is 33.2 Å². The SMILES string of the molecule is Cc1cccc2c(C(C)C)nc(-c3ccc4c(C(C)C)nc(C(F)(F)F)nc4c3)nc12. The van der Waals surface area contributed by atoms with Crippen LogP contribution in [-0.4, -0.2) is 19.9 Å². The Labute approximate surface area is 178 Å². The maximum absolute atomic E-state index is 13.4. The molecule has 0 amide bonds. The lowest BCUT2D eigenvalue weighted by Gasteiger charge is -2.15. The number of aryl methyl sites for hydroxylation is 1. The zero-order valence-electron chi connectivity index (χ0n) is 18.0. The Bertz CT molecular complexity index is 1290. The summed E-state index contributed by atoms with van der Waals surface area (Å²) in [6.45, 7) is 9.75. The molecule has 4 aromatic rings. The van der Waals surface area contributed by atoms with Gasteiger partial charge in [0.15, 0.2) is 5.82 Å². The van der Waals surface area contributed by atoms with Crippen LogP contribution in [0.1, 0.15) is 62.3 Å². The van der Waals surface area contributed by atoms with Crippen molar-refractivity contribution in [3.05, 3.63) is 59.2 Å². The second-order valence-electron chi connectivity index (χ2n) is 8.38. The molecule has 0 saturated heterocycles. The summed E-state index contributed by atoms with van der Waals surface area (Å²) in [6, 6.07) is 11.2. The van der Waals surface area contributed by atoms with Gasteiger partial charge in [-0.2, -0.15) is 13.2 Å². The standard InChI is InChI=1S/C24H23F3N4/c1-12(2)19-16-10-9-15(11-18(16)28-23(31-19)24(25,26)27)22-29-20(13(3)4)17-8-6-7-14(5)21(17)30-22/h6-13H,1-5H3. The van der Waals surface area contributed by atoms with Crippen LogP contribution in [0, 0.1) is 6.92 Å². The van der Waals surface area contributed by atoms with E-state index in [1.54, 1.807) is 12.1 Å². The molecule has 0 spiro atoms. The molecular weight excluding hydrogens is 401 g/mol. The molecule has 0 unspecified atom stereocenters. The molecule has 0 aliphatic carbocycles. The van der Waals surface area contributed by atoms with Crippen molar-refractivity contribution < 1.29 is 13.2 Å². The molecule has 0 radical (unpaired) electrons. The van der Waals surface area contributed by atoms with E-state index in [0.717, 1.165) is 22.2 Å². The normalized spacial score (nSPS) is 12.5. The van der Waals surface area contributed by atoms with Crippen molar-refractivity contribution in [1.29, 1.82) is 0 Å². The largest absolute Gasteiger partial charge is 0.451 e. The predicted molar refractivity (Wildman–Crippen MR) is 116 cm³/mol. The highest BCUT2D eigenvalue weighted by Crippen LogP contribution is 2.33. The summed E-state index contributed by atoms with van der Waals surface area (Å²) in [5.41, 5.74) is 4.02. The molecule has 2 aromatic heterocycles. The summed E-state index contributed by atoms with van der Waals surface area (Å²) >= 11 is 0. The van der Waals surface area contributed by atoms with Crippen molar-refractivity contribution in [3.8, 4) is 11.4 Å². The van der Waals surface area contributed by atoms with Gasteiger partial charge in [0.25, 0.3) is 0 Å². The van der Waals surface area contributed by atoms with Gasteiger partial charge in [-0.3, -0.25) is 0 Å². The van der Waals surface area contributed by atoms with Crippen LogP contribution in [-0.2, 0) is 6.18 Å². The summed E-state index contributed by atoms with van der Waals surface area (Å²) in [6.07, 6.45) is -4.62. The molecule has 0 aliphatic heterocycles. The van der Waals surface area contributed by atoms with Crippen molar-refractivity contribution in [2.45, 2.75) is 52.6 Å². The van der Waals surface area contributed by atoms with Gasteiger partial charge in [0.1, 0.15) is 0 Å². The van der Waals surface area contributed by atoms with Gasteiger partial charge in [0, 0.05) is 16.3 Å². The monoisotopic (exact) mass is 424 g/mol. The van der Waals surface area contributed by atoms with Gasteiger partial charge in [-0.05, 0) is 30.4 Å². The Hall–Kier alpha value is -3.09. The van der Waals surface area contributed by atoms with Crippen molar-refractivity contribution in [1.82, 2.24) is 19.9 Å². The Morgan fingerprint density at radius 1 is 0.774 bits per heavy atom. The fourth-order valence-electron chi connectivity index (χ4n) is 3.75. The van der Waals surface area contributed by atoms with Crippen molar-refractivity contribution in [2.75, 3.05) is 0 Å². The number of alkyl halides is 3. The van der Waals surface area contributed by atoms with E-state index in [2.05, 4.69) is 23.8 Å². The highest BCUT2D eigenvalue weighted by atomic mass is 19.4. The first-order valence-electron chi connectivity index (χ1n) is 10.2. The predicted octanol–water partition coefficient (Wildman–Crippen LogP) is 6.81. The van der Waals surface area contributed by atoms with E-state index in [1.807, 2.05) is 45.0 Å². The van der Waals surface area contributed by atoms with E-state index in [0.29, 0.717) is 22.5 Å². The van der Waals surface area contributed by atoms with Crippen molar-refractivity contribution in [3.63, 3.8) is 0 Å². The highest BCUT2D eigenvalue weighted by molar-refractivity contribution is 5.88. The zero-order valence-corrected chi connectivity index (χ0v) is 18.0. The molecule has 7 heteroatoms. The number of nitrogens with zero attached hydrogens (tertiary/aromatic N) is 4. The maximum atomic E-state index is 13.4. The van der Waals surface area contributed by atoms with Crippen LogP contribution >= 0.6 is 0 Å². The minimum atomic E-state index is -4.62. The maximum Gasteiger partial charge on any atom is 0.451 e. The molecule has 160 valence electrons. The lowest BCUT2D eigenvalue weighted by molar-refractivity contribution is -0.144. The van der Waals surface area contributed by atoms with Gasteiger partial charge < -0.3 is 0 Å². The van der Waals surface area contributed by atoms with E-state index in [-0.39, 0.29) is 17.4 Å². The Kier molecular flexibility index (Phi) is 5.15. The third-order valence-electron chi connectivity index (χ3n) is 5.29. The number of aromatic nitrogens is 4. The topological polar surface area (TPSA) is 51.6 Å².